The first kappa shape index (κ1) is 11.1. The number of rotatable bonds is 3. The maximum absolute atomic E-state index is 11.5. The number of aromatic nitrogens is 2. The SMILES string of the molecule is COC(=O)C(N)C1(c2cn(C)nc2C)CC1. The zero-order chi connectivity index (χ0) is 11.9. The van der Waals surface area contributed by atoms with E-state index >= 15 is 0 Å². The number of methoxy groups -OCH3 is 1. The van der Waals surface area contributed by atoms with Crippen LogP contribution in [0.25, 0.3) is 0 Å². The highest BCUT2D eigenvalue weighted by atomic mass is 16.5. The lowest BCUT2D eigenvalue weighted by atomic mass is 9.89. The Balaban J connectivity index is 2.33. The lowest BCUT2D eigenvalue weighted by Gasteiger charge is -2.20. The van der Waals surface area contributed by atoms with Crippen LogP contribution in [0.2, 0.25) is 0 Å². The van der Waals surface area contributed by atoms with Gasteiger partial charge in [-0.25, -0.2) is 0 Å². The molecule has 0 bridgehead atoms. The first-order valence-electron chi connectivity index (χ1n) is 5.35. The van der Waals surface area contributed by atoms with Crippen molar-refractivity contribution in [2.75, 3.05) is 7.11 Å². The van der Waals surface area contributed by atoms with Crippen LogP contribution in [-0.2, 0) is 22.0 Å². The summed E-state index contributed by atoms with van der Waals surface area (Å²) in [6.07, 6.45) is 3.80. The minimum absolute atomic E-state index is 0.245. The topological polar surface area (TPSA) is 70.1 Å². The predicted molar refractivity (Wildman–Crippen MR) is 58.8 cm³/mol. The van der Waals surface area contributed by atoms with Gasteiger partial charge in [0, 0.05) is 24.2 Å². The number of ether oxygens (including phenoxy) is 1. The van der Waals surface area contributed by atoms with Gasteiger partial charge in [0.25, 0.3) is 0 Å². The van der Waals surface area contributed by atoms with Gasteiger partial charge in [0.1, 0.15) is 6.04 Å². The van der Waals surface area contributed by atoms with Crippen LogP contribution in [0.1, 0.15) is 24.1 Å². The Morgan fingerprint density at radius 1 is 1.69 bits per heavy atom. The largest absolute Gasteiger partial charge is 0.468 e. The number of nitrogens with zero attached hydrogens (tertiary/aromatic N) is 2. The normalized spacial score (nSPS) is 19.2. The van der Waals surface area contributed by atoms with Crippen LogP contribution in [-0.4, -0.2) is 28.9 Å². The Bertz CT molecular complexity index is 421. The summed E-state index contributed by atoms with van der Waals surface area (Å²) in [7, 11) is 3.24. The van der Waals surface area contributed by atoms with E-state index in [-0.39, 0.29) is 11.4 Å². The number of aryl methyl sites for hydroxylation is 2. The zero-order valence-corrected chi connectivity index (χ0v) is 9.86. The molecular weight excluding hydrogens is 206 g/mol. The van der Waals surface area contributed by atoms with Crippen LogP contribution in [0.15, 0.2) is 6.20 Å². The summed E-state index contributed by atoms with van der Waals surface area (Å²) in [5, 5.41) is 4.29. The van der Waals surface area contributed by atoms with Crippen molar-refractivity contribution in [2.45, 2.75) is 31.2 Å². The Morgan fingerprint density at radius 3 is 2.69 bits per heavy atom. The van der Waals surface area contributed by atoms with E-state index in [1.165, 1.54) is 7.11 Å². The first-order chi connectivity index (χ1) is 7.51. The molecule has 1 fully saturated rings. The molecule has 1 unspecified atom stereocenters. The highest BCUT2D eigenvalue weighted by molar-refractivity contribution is 5.79. The summed E-state index contributed by atoms with van der Waals surface area (Å²) in [6, 6.07) is -0.583. The van der Waals surface area contributed by atoms with Gasteiger partial charge in [-0.2, -0.15) is 5.10 Å². The average molecular weight is 223 g/mol. The van der Waals surface area contributed by atoms with Gasteiger partial charge >= 0.3 is 5.97 Å². The molecule has 0 radical (unpaired) electrons. The maximum Gasteiger partial charge on any atom is 0.323 e. The third kappa shape index (κ3) is 1.51. The highest BCUT2D eigenvalue weighted by Gasteiger charge is 2.54. The standard InChI is InChI=1S/C11H17N3O2/c1-7-8(6-14(2)13-7)11(4-5-11)9(12)10(15)16-3/h6,9H,4-5,12H2,1-3H3. The molecule has 2 N–H and O–H groups in total. The molecule has 5 heteroatoms. The van der Waals surface area contributed by atoms with Crippen LogP contribution >= 0.6 is 0 Å². The van der Waals surface area contributed by atoms with E-state index in [4.69, 9.17) is 10.5 Å². The third-order valence-electron chi connectivity index (χ3n) is 3.39. The molecule has 5 nitrogen and oxygen atoms in total. The van der Waals surface area contributed by atoms with E-state index in [1.54, 1.807) is 4.68 Å². The molecule has 1 heterocycles. The van der Waals surface area contributed by atoms with E-state index < -0.39 is 6.04 Å². The Morgan fingerprint density at radius 2 is 2.31 bits per heavy atom. The van der Waals surface area contributed by atoms with Gasteiger partial charge in [-0.05, 0) is 19.8 Å². The van der Waals surface area contributed by atoms with Gasteiger partial charge in [-0.1, -0.05) is 0 Å². The van der Waals surface area contributed by atoms with Gasteiger partial charge in [-0.3, -0.25) is 9.48 Å². The predicted octanol–water partition coefficient (Wildman–Crippen LogP) is 0.260. The van der Waals surface area contributed by atoms with Crippen LogP contribution in [0.5, 0.6) is 0 Å². The zero-order valence-electron chi connectivity index (χ0n) is 9.86. The molecule has 0 aliphatic heterocycles. The highest BCUT2D eigenvalue weighted by Crippen LogP contribution is 2.51. The van der Waals surface area contributed by atoms with Crippen molar-refractivity contribution < 1.29 is 9.53 Å². The van der Waals surface area contributed by atoms with Crippen molar-refractivity contribution in [3.05, 3.63) is 17.5 Å². The third-order valence-corrected chi connectivity index (χ3v) is 3.39. The lowest BCUT2D eigenvalue weighted by Crippen LogP contribution is -2.43. The summed E-state index contributed by atoms with van der Waals surface area (Å²) >= 11 is 0. The quantitative estimate of drug-likeness (QED) is 0.746. The van der Waals surface area contributed by atoms with Crippen molar-refractivity contribution in [1.29, 1.82) is 0 Å². The molecule has 0 aromatic carbocycles. The number of carbonyl (C=O) groups excluding carboxylic acids is 1. The summed E-state index contributed by atoms with van der Waals surface area (Å²) in [5.74, 6) is -0.347. The van der Waals surface area contributed by atoms with Gasteiger partial charge in [0.15, 0.2) is 0 Å². The molecule has 0 saturated heterocycles. The second-order valence-electron chi connectivity index (χ2n) is 4.46. The van der Waals surface area contributed by atoms with Gasteiger partial charge in [-0.15, -0.1) is 0 Å². The molecule has 1 atom stereocenters. The number of hydrogen-bond acceptors (Lipinski definition) is 4. The molecule has 0 spiro atoms. The van der Waals surface area contributed by atoms with E-state index in [9.17, 15) is 4.79 Å². The van der Waals surface area contributed by atoms with Crippen LogP contribution in [0, 0.1) is 6.92 Å². The summed E-state index contributed by atoms with van der Waals surface area (Å²) < 4.78 is 6.47. The molecule has 16 heavy (non-hydrogen) atoms. The fourth-order valence-corrected chi connectivity index (χ4v) is 2.32. The van der Waals surface area contributed by atoms with Crippen LogP contribution in [0.3, 0.4) is 0 Å². The van der Waals surface area contributed by atoms with Crippen molar-refractivity contribution >= 4 is 5.97 Å². The molecule has 0 amide bonds. The molecule has 2 rings (SSSR count). The molecule has 1 aliphatic carbocycles. The molecule has 1 saturated carbocycles. The van der Waals surface area contributed by atoms with E-state index in [1.807, 2.05) is 20.2 Å². The fourth-order valence-electron chi connectivity index (χ4n) is 2.32. The average Bonchev–Trinajstić information content (AvgIpc) is 2.98. The maximum atomic E-state index is 11.5. The Labute approximate surface area is 94.6 Å². The lowest BCUT2D eigenvalue weighted by molar-refractivity contribution is -0.143. The minimum atomic E-state index is -0.583. The van der Waals surface area contributed by atoms with Crippen molar-refractivity contribution in [3.8, 4) is 0 Å². The molecule has 1 aromatic heterocycles. The number of nitrogens with two attached hydrogens (primary N) is 1. The molecular formula is C11H17N3O2. The summed E-state index contributed by atoms with van der Waals surface area (Å²) in [6.45, 7) is 1.94. The fraction of sp³-hybridized carbons (Fsp3) is 0.636. The van der Waals surface area contributed by atoms with E-state index in [0.29, 0.717) is 0 Å². The second-order valence-corrected chi connectivity index (χ2v) is 4.46. The molecule has 1 aromatic rings. The molecule has 1 aliphatic rings. The number of hydrogen-bond donors (Lipinski definition) is 1. The smallest absolute Gasteiger partial charge is 0.323 e. The minimum Gasteiger partial charge on any atom is -0.468 e. The van der Waals surface area contributed by atoms with E-state index in [2.05, 4.69) is 5.10 Å². The van der Waals surface area contributed by atoms with Gasteiger partial charge in [0.05, 0.1) is 12.8 Å². The number of carbonyl (C=O) groups is 1. The second kappa shape index (κ2) is 3.59. The Hall–Kier alpha value is -1.36. The van der Waals surface area contributed by atoms with Crippen molar-refractivity contribution in [1.82, 2.24) is 9.78 Å². The van der Waals surface area contributed by atoms with Crippen LogP contribution in [0.4, 0.5) is 0 Å². The van der Waals surface area contributed by atoms with Crippen molar-refractivity contribution in [2.24, 2.45) is 12.8 Å². The summed E-state index contributed by atoms with van der Waals surface area (Å²) in [4.78, 5) is 11.5. The Kier molecular flexibility index (Phi) is 2.50. The molecule has 88 valence electrons. The van der Waals surface area contributed by atoms with Crippen molar-refractivity contribution in [3.63, 3.8) is 0 Å². The van der Waals surface area contributed by atoms with Gasteiger partial charge < -0.3 is 10.5 Å². The number of esters is 1. The monoisotopic (exact) mass is 223 g/mol. The van der Waals surface area contributed by atoms with Crippen LogP contribution < -0.4 is 5.73 Å². The first-order valence-corrected chi connectivity index (χ1v) is 5.35. The van der Waals surface area contributed by atoms with Gasteiger partial charge in [0.2, 0.25) is 0 Å². The van der Waals surface area contributed by atoms with E-state index in [0.717, 1.165) is 24.1 Å². The summed E-state index contributed by atoms with van der Waals surface area (Å²) in [5.41, 5.74) is 7.74.